The molecule has 0 radical (unpaired) electrons. The van der Waals surface area contributed by atoms with Crippen LogP contribution in [0.3, 0.4) is 0 Å². The van der Waals surface area contributed by atoms with Crippen molar-refractivity contribution in [3.05, 3.63) is 131 Å². The van der Waals surface area contributed by atoms with E-state index in [2.05, 4.69) is 10.4 Å². The molecule has 4 aromatic carbocycles. The first-order chi connectivity index (χ1) is 28.1. The third-order valence-electron chi connectivity index (χ3n) is 10.0. The molecule has 1 fully saturated rings. The summed E-state index contributed by atoms with van der Waals surface area (Å²) in [6.07, 6.45) is 8.08. The summed E-state index contributed by atoms with van der Waals surface area (Å²) in [7, 11) is 1.28. The minimum atomic E-state index is -1.13. The molecule has 0 aliphatic carbocycles. The van der Waals surface area contributed by atoms with Crippen LogP contribution in [0.25, 0.3) is 27.7 Å². The van der Waals surface area contributed by atoms with Crippen molar-refractivity contribution in [2.24, 2.45) is 0 Å². The lowest BCUT2D eigenvalue weighted by molar-refractivity contribution is -0.145. The minimum Gasteiger partial charge on any atom is -0.488 e. The molecule has 15 heteroatoms. The van der Waals surface area contributed by atoms with E-state index < -0.39 is 41.7 Å². The van der Waals surface area contributed by atoms with Gasteiger partial charge in [0.05, 0.1) is 52.8 Å². The van der Waals surface area contributed by atoms with Crippen molar-refractivity contribution in [1.82, 2.24) is 29.8 Å². The molecule has 1 aliphatic heterocycles. The second kappa shape index (κ2) is 17.7. The molecule has 58 heavy (non-hydrogen) atoms. The molecule has 2 amide bonds. The lowest BCUT2D eigenvalue weighted by Crippen LogP contribution is -2.41. The SMILES string of the molecule is COC(=O)[C@@H]1C[C@H](Oc2cccc(-c3cccc4nn(CCCCCCNC(=O)c5ccccc5C(=O)O)cc34)c2)CN1C(=O)c1cnn(-c2ccc(F)cc2Cl)c1. The van der Waals surface area contributed by atoms with Crippen LogP contribution < -0.4 is 10.1 Å². The summed E-state index contributed by atoms with van der Waals surface area (Å²) < 4.78 is 28.4. The molecule has 3 heterocycles. The fraction of sp³-hybridized carbons (Fsp3) is 0.256. The van der Waals surface area contributed by atoms with Gasteiger partial charge in [0.15, 0.2) is 0 Å². The maximum absolute atomic E-state index is 13.7. The first kappa shape index (κ1) is 39.7. The predicted octanol–water partition coefficient (Wildman–Crippen LogP) is 7.21. The number of halogens is 2. The Morgan fingerprint density at radius 2 is 1.72 bits per heavy atom. The van der Waals surface area contributed by atoms with Crippen LogP contribution in [0.2, 0.25) is 5.02 Å². The van der Waals surface area contributed by atoms with Crippen LogP contribution in [0.15, 0.2) is 104 Å². The highest BCUT2D eigenvalue weighted by Crippen LogP contribution is 2.33. The number of methoxy groups -OCH3 is 1. The summed E-state index contributed by atoms with van der Waals surface area (Å²) in [5.74, 6) is -2.44. The summed E-state index contributed by atoms with van der Waals surface area (Å²) >= 11 is 6.21. The third-order valence-corrected chi connectivity index (χ3v) is 10.3. The highest BCUT2D eigenvalue weighted by atomic mass is 35.5. The van der Waals surface area contributed by atoms with Gasteiger partial charge in [0.2, 0.25) is 0 Å². The summed E-state index contributed by atoms with van der Waals surface area (Å²) in [6.45, 7) is 1.30. The number of aromatic carboxylic acids is 1. The van der Waals surface area contributed by atoms with E-state index in [1.165, 1.54) is 53.4 Å². The van der Waals surface area contributed by atoms with E-state index in [1.807, 2.05) is 53.3 Å². The van der Waals surface area contributed by atoms with Crippen molar-refractivity contribution in [3.63, 3.8) is 0 Å². The number of carboxylic acid groups (broad SMARTS) is 1. The number of hydrogen-bond donors (Lipinski definition) is 2. The van der Waals surface area contributed by atoms with Crippen molar-refractivity contribution in [3.8, 4) is 22.6 Å². The zero-order chi connectivity index (χ0) is 40.8. The maximum Gasteiger partial charge on any atom is 0.336 e. The Hall–Kier alpha value is -6.54. The molecule has 0 saturated carbocycles. The van der Waals surface area contributed by atoms with E-state index in [9.17, 15) is 28.7 Å². The molecule has 6 aromatic rings. The standard InChI is InChI=1S/C43H40ClFN6O7/c1-57-43(56)39-22-31(25-50(39)41(53)28-23-47-51(24-28)38-17-16-29(45)21-36(38)44)58-30-11-8-10-27(20-30)32-14-9-15-37-35(32)26-49(48-37)19-7-3-2-6-18-46-40(52)33-12-4-5-13-34(33)42(54)55/h4-5,8-17,20-21,23-24,26,31,39H,2-3,6-7,18-19,22,25H2,1H3,(H,46,52)(H,54,55)/t31-,39-/m0/s1. The normalized spacial score (nSPS) is 15.1. The van der Waals surface area contributed by atoms with E-state index in [0.29, 0.717) is 24.5 Å². The summed E-state index contributed by atoms with van der Waals surface area (Å²) in [6, 6.07) is 22.8. The quantitative estimate of drug-likeness (QED) is 0.0809. The minimum absolute atomic E-state index is 0.0172. The monoisotopic (exact) mass is 806 g/mol. The molecule has 1 saturated heterocycles. The fourth-order valence-corrected chi connectivity index (χ4v) is 7.42. The third kappa shape index (κ3) is 8.87. The van der Waals surface area contributed by atoms with E-state index in [-0.39, 0.29) is 34.7 Å². The van der Waals surface area contributed by atoms with Crippen LogP contribution >= 0.6 is 11.6 Å². The number of carbonyl (C=O) groups excluding carboxylic acids is 3. The van der Waals surface area contributed by atoms with Crippen LogP contribution in [0.5, 0.6) is 5.75 Å². The van der Waals surface area contributed by atoms with Gasteiger partial charge in [-0.25, -0.2) is 18.7 Å². The van der Waals surface area contributed by atoms with Crippen molar-refractivity contribution in [2.75, 3.05) is 20.2 Å². The van der Waals surface area contributed by atoms with Gasteiger partial charge in [-0.3, -0.25) is 14.3 Å². The van der Waals surface area contributed by atoms with E-state index >= 15 is 0 Å². The van der Waals surface area contributed by atoms with Crippen LogP contribution in [-0.4, -0.2) is 85.7 Å². The number of benzene rings is 4. The highest BCUT2D eigenvalue weighted by Gasteiger charge is 2.42. The number of fused-ring (bicyclic) bond motifs is 1. The molecule has 13 nitrogen and oxygen atoms in total. The Labute approximate surface area is 337 Å². The number of unbranched alkanes of at least 4 members (excludes halogenated alkanes) is 3. The lowest BCUT2D eigenvalue weighted by atomic mass is 10.0. The molecule has 1 aliphatic rings. The Kier molecular flexibility index (Phi) is 12.1. The number of esters is 1. The lowest BCUT2D eigenvalue weighted by Gasteiger charge is -2.21. The van der Waals surface area contributed by atoms with Crippen LogP contribution in [0, 0.1) is 5.82 Å². The number of carboxylic acids is 1. The van der Waals surface area contributed by atoms with Gasteiger partial charge in [0, 0.05) is 37.3 Å². The smallest absolute Gasteiger partial charge is 0.336 e. The fourth-order valence-electron chi connectivity index (χ4n) is 7.17. The maximum atomic E-state index is 13.7. The molecule has 2 atom stereocenters. The van der Waals surface area contributed by atoms with Crippen LogP contribution in [0.1, 0.15) is 63.2 Å². The highest BCUT2D eigenvalue weighted by molar-refractivity contribution is 6.32. The number of nitrogens with one attached hydrogen (secondary N) is 1. The van der Waals surface area contributed by atoms with Crippen molar-refractivity contribution in [2.45, 2.75) is 50.8 Å². The van der Waals surface area contributed by atoms with Gasteiger partial charge in [-0.1, -0.05) is 60.8 Å². The average Bonchev–Trinajstić information content (AvgIpc) is 3.99. The molecule has 2 N–H and O–H groups in total. The Morgan fingerprint density at radius 1 is 0.931 bits per heavy atom. The van der Waals surface area contributed by atoms with E-state index in [0.717, 1.165) is 53.8 Å². The Balaban J connectivity index is 0.953. The van der Waals surface area contributed by atoms with Crippen molar-refractivity contribution in [1.29, 1.82) is 0 Å². The second-order valence-corrected chi connectivity index (χ2v) is 14.3. The zero-order valence-electron chi connectivity index (χ0n) is 31.5. The van der Waals surface area contributed by atoms with Gasteiger partial charge in [-0.2, -0.15) is 10.2 Å². The number of rotatable bonds is 15. The first-order valence-electron chi connectivity index (χ1n) is 18.8. The number of likely N-dealkylation sites (tertiary alicyclic amines) is 1. The molecular weight excluding hydrogens is 767 g/mol. The summed E-state index contributed by atoms with van der Waals surface area (Å²) in [5, 5.41) is 22.3. The number of ether oxygens (including phenoxy) is 2. The van der Waals surface area contributed by atoms with Gasteiger partial charge in [-0.05, 0) is 72.5 Å². The molecular formula is C43H40ClFN6O7. The van der Waals surface area contributed by atoms with Gasteiger partial charge in [0.25, 0.3) is 11.8 Å². The average molecular weight is 807 g/mol. The van der Waals surface area contributed by atoms with Gasteiger partial charge >= 0.3 is 11.9 Å². The molecule has 0 unspecified atom stereocenters. The molecule has 2 aromatic heterocycles. The number of nitrogens with zero attached hydrogens (tertiary/aromatic N) is 5. The van der Waals surface area contributed by atoms with Gasteiger partial charge in [0.1, 0.15) is 23.7 Å². The van der Waals surface area contributed by atoms with Crippen LogP contribution in [0.4, 0.5) is 4.39 Å². The molecule has 298 valence electrons. The van der Waals surface area contributed by atoms with Crippen LogP contribution in [-0.2, 0) is 16.1 Å². The summed E-state index contributed by atoms with van der Waals surface area (Å²) in [4.78, 5) is 51.9. The Morgan fingerprint density at radius 3 is 2.52 bits per heavy atom. The number of amides is 2. The van der Waals surface area contributed by atoms with Gasteiger partial charge < -0.3 is 24.8 Å². The first-order valence-corrected chi connectivity index (χ1v) is 19.2. The topological polar surface area (TPSA) is 158 Å². The van der Waals surface area contributed by atoms with E-state index in [4.69, 9.17) is 26.2 Å². The number of aromatic nitrogens is 4. The largest absolute Gasteiger partial charge is 0.488 e. The summed E-state index contributed by atoms with van der Waals surface area (Å²) in [5.41, 5.74) is 3.49. The van der Waals surface area contributed by atoms with E-state index in [1.54, 1.807) is 12.1 Å². The molecule has 0 spiro atoms. The number of carbonyl (C=O) groups is 4. The van der Waals surface area contributed by atoms with Crippen molar-refractivity contribution >= 4 is 46.3 Å². The molecule has 0 bridgehead atoms. The zero-order valence-corrected chi connectivity index (χ0v) is 32.3. The molecule has 7 rings (SSSR count). The number of aryl methyl sites for hydroxylation is 1. The van der Waals surface area contributed by atoms with Crippen molar-refractivity contribution < 1.29 is 38.1 Å². The predicted molar refractivity (Wildman–Crippen MR) is 214 cm³/mol. The Bertz CT molecular complexity index is 2480. The number of hydrogen-bond acceptors (Lipinski definition) is 8. The second-order valence-electron chi connectivity index (χ2n) is 13.9. The van der Waals surface area contributed by atoms with Gasteiger partial charge in [-0.15, -0.1) is 0 Å².